The minimum Gasteiger partial charge on any atom is -0.385 e. The van der Waals surface area contributed by atoms with Gasteiger partial charge < -0.3 is 5.11 Å². The molecule has 0 amide bonds. The molecule has 0 aliphatic heterocycles. The zero-order chi connectivity index (χ0) is 10.9. The van der Waals surface area contributed by atoms with Crippen molar-refractivity contribution in [3.8, 4) is 0 Å². The Morgan fingerprint density at radius 3 is 2.47 bits per heavy atom. The smallest absolute Gasteiger partial charge is 0.0897 e. The molecular formula is C12H14BrClO. The molecule has 0 atom stereocenters. The van der Waals surface area contributed by atoms with E-state index in [4.69, 9.17) is 11.6 Å². The molecule has 0 unspecified atom stereocenters. The summed E-state index contributed by atoms with van der Waals surface area (Å²) < 4.78 is 0.882. The van der Waals surface area contributed by atoms with Crippen LogP contribution in [-0.2, 0) is 5.60 Å². The van der Waals surface area contributed by atoms with Crippen molar-refractivity contribution in [1.29, 1.82) is 0 Å². The molecule has 1 aliphatic carbocycles. The van der Waals surface area contributed by atoms with Gasteiger partial charge in [-0.05, 0) is 46.5 Å². The lowest BCUT2D eigenvalue weighted by atomic mass is 9.80. The van der Waals surface area contributed by atoms with Gasteiger partial charge in [0, 0.05) is 4.47 Å². The standard InChI is InChI=1S/C12H14BrClO/c13-10-5-4-9(8-11(10)14)12(15)6-2-1-3-7-12/h4-5,8,15H,1-3,6-7H2. The SMILES string of the molecule is OC1(c2ccc(Br)c(Cl)c2)CCCCC1. The molecule has 0 aromatic heterocycles. The zero-order valence-electron chi connectivity index (χ0n) is 8.47. The van der Waals surface area contributed by atoms with Crippen LogP contribution in [0.1, 0.15) is 37.7 Å². The predicted molar refractivity (Wildman–Crippen MR) is 66.1 cm³/mol. The summed E-state index contributed by atoms with van der Waals surface area (Å²) >= 11 is 9.39. The van der Waals surface area contributed by atoms with E-state index in [-0.39, 0.29) is 0 Å². The Balaban J connectivity index is 2.31. The Morgan fingerprint density at radius 1 is 1.20 bits per heavy atom. The van der Waals surface area contributed by atoms with Crippen molar-refractivity contribution in [2.45, 2.75) is 37.7 Å². The summed E-state index contributed by atoms with van der Waals surface area (Å²) in [6.07, 6.45) is 5.14. The lowest BCUT2D eigenvalue weighted by Crippen LogP contribution is -2.28. The first-order chi connectivity index (χ1) is 7.12. The molecule has 0 bridgehead atoms. The maximum absolute atomic E-state index is 10.5. The first-order valence-corrected chi connectivity index (χ1v) is 6.47. The third-order valence-corrected chi connectivity index (χ3v) is 4.37. The van der Waals surface area contributed by atoms with Crippen LogP contribution < -0.4 is 0 Å². The Kier molecular flexibility index (Phi) is 3.39. The van der Waals surface area contributed by atoms with Crippen molar-refractivity contribution < 1.29 is 5.11 Å². The largest absolute Gasteiger partial charge is 0.385 e. The first-order valence-electron chi connectivity index (χ1n) is 5.30. The van der Waals surface area contributed by atoms with Crippen molar-refractivity contribution >= 4 is 27.5 Å². The second-order valence-corrected chi connectivity index (χ2v) is 5.48. The number of aliphatic hydroxyl groups is 1. The second-order valence-electron chi connectivity index (χ2n) is 4.22. The fourth-order valence-corrected chi connectivity index (χ4v) is 2.64. The van der Waals surface area contributed by atoms with Crippen LogP contribution in [-0.4, -0.2) is 5.11 Å². The van der Waals surface area contributed by atoms with Gasteiger partial charge >= 0.3 is 0 Å². The zero-order valence-corrected chi connectivity index (χ0v) is 10.8. The van der Waals surface area contributed by atoms with Gasteiger partial charge in [-0.2, -0.15) is 0 Å². The van der Waals surface area contributed by atoms with Gasteiger partial charge in [-0.3, -0.25) is 0 Å². The van der Waals surface area contributed by atoms with Gasteiger partial charge in [0.25, 0.3) is 0 Å². The van der Waals surface area contributed by atoms with Crippen molar-refractivity contribution in [3.63, 3.8) is 0 Å². The van der Waals surface area contributed by atoms with Crippen molar-refractivity contribution in [1.82, 2.24) is 0 Å². The first kappa shape index (κ1) is 11.4. The van der Waals surface area contributed by atoms with Gasteiger partial charge in [0.05, 0.1) is 10.6 Å². The molecule has 1 N–H and O–H groups in total. The van der Waals surface area contributed by atoms with Crippen molar-refractivity contribution in [2.24, 2.45) is 0 Å². The fourth-order valence-electron chi connectivity index (χ4n) is 2.21. The Bertz CT molecular complexity index is 359. The maximum atomic E-state index is 10.5. The molecule has 0 spiro atoms. The highest BCUT2D eigenvalue weighted by molar-refractivity contribution is 9.10. The summed E-state index contributed by atoms with van der Waals surface area (Å²) in [6, 6.07) is 5.74. The molecule has 3 heteroatoms. The van der Waals surface area contributed by atoms with E-state index >= 15 is 0 Å². The maximum Gasteiger partial charge on any atom is 0.0897 e. The lowest BCUT2D eigenvalue weighted by molar-refractivity contribution is -0.000629. The minimum absolute atomic E-state index is 0.650. The number of rotatable bonds is 1. The normalized spacial score (nSPS) is 20.2. The second kappa shape index (κ2) is 4.44. The van der Waals surface area contributed by atoms with E-state index in [0.717, 1.165) is 35.7 Å². The van der Waals surface area contributed by atoms with Crippen molar-refractivity contribution in [2.75, 3.05) is 0 Å². The van der Waals surface area contributed by atoms with E-state index in [2.05, 4.69) is 15.9 Å². The van der Waals surface area contributed by atoms with E-state index in [1.165, 1.54) is 6.42 Å². The third kappa shape index (κ3) is 2.38. The van der Waals surface area contributed by atoms with Crippen molar-refractivity contribution in [3.05, 3.63) is 33.3 Å². The average Bonchev–Trinajstić information content (AvgIpc) is 2.23. The lowest BCUT2D eigenvalue weighted by Gasteiger charge is -2.32. The quantitative estimate of drug-likeness (QED) is 0.819. The molecule has 82 valence electrons. The number of halogens is 2. The Morgan fingerprint density at radius 2 is 1.87 bits per heavy atom. The molecule has 1 aliphatic rings. The topological polar surface area (TPSA) is 20.2 Å². The van der Waals surface area contributed by atoms with Gasteiger partial charge in [0.2, 0.25) is 0 Å². The van der Waals surface area contributed by atoms with Crippen LogP contribution in [0.3, 0.4) is 0 Å². The summed E-state index contributed by atoms with van der Waals surface area (Å²) in [5, 5.41) is 11.2. The fraction of sp³-hybridized carbons (Fsp3) is 0.500. The highest BCUT2D eigenvalue weighted by atomic mass is 79.9. The average molecular weight is 290 g/mol. The van der Waals surface area contributed by atoms with Gasteiger partial charge in [-0.1, -0.05) is 36.9 Å². The third-order valence-electron chi connectivity index (χ3n) is 3.14. The number of hydrogen-bond donors (Lipinski definition) is 1. The van der Waals surface area contributed by atoms with E-state index < -0.39 is 5.60 Å². The predicted octanol–water partition coefficient (Wildman–Crippen LogP) is 4.25. The van der Waals surface area contributed by atoms with Gasteiger partial charge in [-0.25, -0.2) is 0 Å². The molecule has 1 saturated carbocycles. The van der Waals surface area contributed by atoms with E-state index in [1.54, 1.807) is 0 Å². The van der Waals surface area contributed by atoms with Crippen LogP contribution in [0.5, 0.6) is 0 Å². The van der Waals surface area contributed by atoms with Crippen LogP contribution in [0, 0.1) is 0 Å². The van der Waals surface area contributed by atoms with Gasteiger partial charge in [0.1, 0.15) is 0 Å². The minimum atomic E-state index is -0.650. The molecule has 0 saturated heterocycles. The highest BCUT2D eigenvalue weighted by Gasteiger charge is 2.31. The molecule has 1 aromatic rings. The molecule has 0 radical (unpaired) electrons. The molecule has 2 rings (SSSR count). The molecule has 1 nitrogen and oxygen atoms in total. The Labute approximate surface area is 104 Å². The number of benzene rings is 1. The van der Waals surface area contributed by atoms with Gasteiger partial charge in [0.15, 0.2) is 0 Å². The molecule has 0 heterocycles. The van der Waals surface area contributed by atoms with Gasteiger partial charge in [-0.15, -0.1) is 0 Å². The van der Waals surface area contributed by atoms with Crippen LogP contribution in [0.15, 0.2) is 22.7 Å². The summed E-state index contributed by atoms with van der Waals surface area (Å²) in [5.41, 5.74) is 0.304. The van der Waals surface area contributed by atoms with E-state index in [0.29, 0.717) is 5.02 Å². The van der Waals surface area contributed by atoms with E-state index in [1.807, 2.05) is 18.2 Å². The summed E-state index contributed by atoms with van der Waals surface area (Å²) in [6.45, 7) is 0. The van der Waals surface area contributed by atoms with E-state index in [9.17, 15) is 5.11 Å². The molecule has 15 heavy (non-hydrogen) atoms. The summed E-state index contributed by atoms with van der Waals surface area (Å²) in [7, 11) is 0. The summed E-state index contributed by atoms with van der Waals surface area (Å²) in [4.78, 5) is 0. The van der Waals surface area contributed by atoms with Crippen LogP contribution in [0.25, 0.3) is 0 Å². The monoisotopic (exact) mass is 288 g/mol. The van der Waals surface area contributed by atoms with Crippen LogP contribution in [0.2, 0.25) is 5.02 Å². The summed E-state index contributed by atoms with van der Waals surface area (Å²) in [5.74, 6) is 0. The number of hydrogen-bond acceptors (Lipinski definition) is 1. The Hall–Kier alpha value is -0.0500. The highest BCUT2D eigenvalue weighted by Crippen LogP contribution is 2.38. The molecule has 1 fully saturated rings. The molecular weight excluding hydrogens is 275 g/mol. The molecule has 1 aromatic carbocycles. The van der Waals surface area contributed by atoms with Crippen LogP contribution >= 0.6 is 27.5 Å². The van der Waals surface area contributed by atoms with Crippen LogP contribution in [0.4, 0.5) is 0 Å².